The van der Waals surface area contributed by atoms with Crippen LogP contribution in [0.25, 0.3) is 32.6 Å². The van der Waals surface area contributed by atoms with Crippen molar-refractivity contribution in [1.82, 2.24) is 9.55 Å². The van der Waals surface area contributed by atoms with E-state index in [1.165, 1.54) is 37.7 Å². The first-order chi connectivity index (χ1) is 11.8. The number of para-hydroxylation sites is 2. The van der Waals surface area contributed by atoms with Gasteiger partial charge in [0.25, 0.3) is 5.82 Å². The third-order valence-electron chi connectivity index (χ3n) is 4.87. The number of hydrogen-bond acceptors (Lipinski definition) is 2. The Morgan fingerprint density at radius 1 is 1.08 bits per heavy atom. The topological polar surface area (TPSA) is 21.7 Å². The number of rotatable bonds is 1. The molecule has 0 bridgehead atoms. The van der Waals surface area contributed by atoms with Gasteiger partial charge in [0.15, 0.2) is 11.0 Å². The van der Waals surface area contributed by atoms with E-state index in [1.54, 1.807) is 0 Å². The van der Waals surface area contributed by atoms with E-state index in [-0.39, 0.29) is 5.41 Å². The second-order valence-electron chi connectivity index (χ2n) is 7.81. The van der Waals surface area contributed by atoms with Gasteiger partial charge in [0, 0.05) is 5.41 Å². The lowest BCUT2D eigenvalue weighted by Gasteiger charge is -2.13. The smallest absolute Gasteiger partial charge is 0.241 e. The number of aromatic nitrogens is 3. The number of benzene rings is 2. The molecular weight excluding hydrogens is 326 g/mol. The number of fused-ring (bicyclic) bond motifs is 2. The lowest BCUT2D eigenvalue weighted by molar-refractivity contribution is -0.634. The first-order valence-corrected chi connectivity index (χ1v) is 9.45. The average molecular weight is 351 g/mol. The largest absolute Gasteiger partial charge is 0.291 e. The fraction of sp³-hybridized carbons (Fsp3) is 0.333. The molecule has 25 heavy (non-hydrogen) atoms. The van der Waals surface area contributed by atoms with Crippen LogP contribution in [-0.4, -0.2) is 9.55 Å². The lowest BCUT2D eigenvalue weighted by atomic mass is 9.98. The molecule has 2 aromatic heterocycles. The summed E-state index contributed by atoms with van der Waals surface area (Å²) in [5.74, 6) is 1.23. The van der Waals surface area contributed by atoms with Gasteiger partial charge in [0.1, 0.15) is 0 Å². The molecule has 0 spiro atoms. The van der Waals surface area contributed by atoms with Gasteiger partial charge in [-0.15, -0.1) is 11.3 Å². The van der Waals surface area contributed by atoms with Crippen LogP contribution in [0.5, 0.6) is 0 Å². The van der Waals surface area contributed by atoms with E-state index in [0.29, 0.717) is 0 Å². The molecule has 0 aliphatic carbocycles. The van der Waals surface area contributed by atoms with Crippen molar-refractivity contribution in [3.8, 4) is 11.4 Å². The van der Waals surface area contributed by atoms with Gasteiger partial charge < -0.3 is 0 Å². The minimum absolute atomic E-state index is 0.0654. The summed E-state index contributed by atoms with van der Waals surface area (Å²) < 4.78 is 5.88. The highest BCUT2D eigenvalue weighted by atomic mass is 32.1. The Morgan fingerprint density at radius 3 is 2.48 bits per heavy atom. The molecule has 2 heterocycles. The first-order valence-electron chi connectivity index (χ1n) is 8.63. The minimum atomic E-state index is 0.0654. The molecule has 0 N–H and O–H groups in total. The van der Waals surface area contributed by atoms with Gasteiger partial charge in [-0.2, -0.15) is 0 Å². The van der Waals surface area contributed by atoms with Gasteiger partial charge >= 0.3 is 0 Å². The molecule has 128 valence electrons. The van der Waals surface area contributed by atoms with Crippen LogP contribution in [0.1, 0.15) is 31.3 Å². The quantitative estimate of drug-likeness (QED) is 0.448. The van der Waals surface area contributed by atoms with E-state index >= 15 is 0 Å². The third-order valence-corrected chi connectivity index (χ3v) is 6.39. The molecule has 0 unspecified atom stereocenters. The summed E-state index contributed by atoms with van der Waals surface area (Å²) in [4.78, 5) is 4.92. The monoisotopic (exact) mass is 350 g/mol. The third kappa shape index (κ3) is 2.39. The van der Waals surface area contributed by atoms with Gasteiger partial charge in [-0.25, -0.2) is 14.1 Å². The van der Waals surface area contributed by atoms with Gasteiger partial charge in [-0.3, -0.25) is 0 Å². The summed E-state index contributed by atoms with van der Waals surface area (Å²) in [6, 6.07) is 12.9. The first kappa shape index (κ1) is 16.3. The van der Waals surface area contributed by atoms with Crippen molar-refractivity contribution in [2.24, 2.45) is 14.1 Å². The molecule has 0 aliphatic heterocycles. The highest BCUT2D eigenvalue weighted by Crippen LogP contribution is 2.38. The molecule has 0 aliphatic rings. The predicted octanol–water partition coefficient (Wildman–Crippen LogP) is 4.89. The Hall–Kier alpha value is -2.20. The Labute approximate surface area is 152 Å². The zero-order chi connectivity index (χ0) is 17.9. The van der Waals surface area contributed by atoms with Crippen LogP contribution in [0.15, 0.2) is 36.4 Å². The molecule has 3 nitrogen and oxygen atoms in total. The van der Waals surface area contributed by atoms with Crippen LogP contribution in [0.4, 0.5) is 0 Å². The van der Waals surface area contributed by atoms with Crippen LogP contribution in [0.2, 0.25) is 0 Å². The van der Waals surface area contributed by atoms with Gasteiger partial charge in [-0.1, -0.05) is 39.0 Å². The molecule has 0 amide bonds. The summed E-state index contributed by atoms with van der Waals surface area (Å²) in [5, 5.41) is 1.19. The van der Waals surface area contributed by atoms with Gasteiger partial charge in [-0.05, 0) is 30.7 Å². The highest BCUT2D eigenvalue weighted by Gasteiger charge is 2.27. The van der Waals surface area contributed by atoms with Crippen molar-refractivity contribution in [3.63, 3.8) is 0 Å². The molecule has 0 saturated carbocycles. The van der Waals surface area contributed by atoms with Gasteiger partial charge in [0.2, 0.25) is 0 Å². The zero-order valence-electron chi connectivity index (χ0n) is 15.7. The molecule has 2 aromatic carbocycles. The van der Waals surface area contributed by atoms with Crippen molar-refractivity contribution in [3.05, 3.63) is 47.0 Å². The SMILES string of the molecule is Cc1ccc2nc(C(C)(C)C)sc2c1-c1n(C)c2ccccc2[n+]1C. The number of nitrogens with zero attached hydrogens (tertiary/aromatic N) is 3. The number of hydrogen-bond donors (Lipinski definition) is 0. The second kappa shape index (κ2) is 5.40. The molecule has 4 rings (SSSR count). The van der Waals surface area contributed by atoms with Crippen LogP contribution >= 0.6 is 11.3 Å². The van der Waals surface area contributed by atoms with E-state index in [9.17, 15) is 0 Å². The zero-order valence-corrected chi connectivity index (χ0v) is 16.5. The van der Waals surface area contributed by atoms with E-state index in [0.717, 1.165) is 5.52 Å². The number of aryl methyl sites for hydroxylation is 3. The average Bonchev–Trinajstić information content (AvgIpc) is 3.10. The van der Waals surface area contributed by atoms with E-state index < -0.39 is 0 Å². The maximum atomic E-state index is 4.92. The Morgan fingerprint density at radius 2 is 1.80 bits per heavy atom. The van der Waals surface area contributed by atoms with E-state index in [4.69, 9.17) is 4.98 Å². The van der Waals surface area contributed by atoms with Crippen molar-refractivity contribution >= 4 is 32.6 Å². The molecule has 0 saturated heterocycles. The number of thiazole rings is 1. The summed E-state index contributed by atoms with van der Waals surface area (Å²) >= 11 is 1.83. The summed E-state index contributed by atoms with van der Waals surface area (Å²) in [5.41, 5.74) is 6.25. The van der Waals surface area contributed by atoms with Crippen LogP contribution < -0.4 is 4.57 Å². The Kier molecular flexibility index (Phi) is 3.51. The molecule has 0 radical (unpaired) electrons. The van der Waals surface area contributed by atoms with Crippen LogP contribution in [0.3, 0.4) is 0 Å². The van der Waals surface area contributed by atoms with Crippen molar-refractivity contribution in [1.29, 1.82) is 0 Å². The highest BCUT2D eigenvalue weighted by molar-refractivity contribution is 7.19. The lowest BCUT2D eigenvalue weighted by Crippen LogP contribution is -2.30. The predicted molar refractivity (Wildman–Crippen MR) is 106 cm³/mol. The number of imidazole rings is 1. The summed E-state index contributed by atoms with van der Waals surface area (Å²) in [6.45, 7) is 8.89. The van der Waals surface area contributed by atoms with Crippen LogP contribution in [0, 0.1) is 6.92 Å². The van der Waals surface area contributed by atoms with Crippen molar-refractivity contribution in [2.45, 2.75) is 33.1 Å². The minimum Gasteiger partial charge on any atom is -0.241 e. The normalized spacial score (nSPS) is 12.4. The molecule has 4 heteroatoms. The Balaban J connectivity index is 2.11. The molecule has 0 fully saturated rings. The van der Waals surface area contributed by atoms with E-state index in [1.807, 2.05) is 11.3 Å². The van der Waals surface area contributed by atoms with Crippen molar-refractivity contribution < 1.29 is 4.57 Å². The second-order valence-corrected chi connectivity index (χ2v) is 8.80. The molecule has 4 aromatic rings. The fourth-order valence-corrected chi connectivity index (χ4v) is 4.73. The summed E-state index contributed by atoms with van der Waals surface area (Å²) in [6.07, 6.45) is 0. The van der Waals surface area contributed by atoms with Gasteiger partial charge in [0.05, 0.1) is 34.9 Å². The molecule has 0 atom stereocenters. The van der Waals surface area contributed by atoms with Crippen LogP contribution in [-0.2, 0) is 19.5 Å². The fourth-order valence-electron chi connectivity index (χ4n) is 3.51. The summed E-state index contributed by atoms with van der Waals surface area (Å²) in [7, 11) is 4.31. The Bertz CT molecular complexity index is 1070. The van der Waals surface area contributed by atoms with Crippen molar-refractivity contribution in [2.75, 3.05) is 0 Å². The molecular formula is C21H24N3S+. The maximum absolute atomic E-state index is 4.92. The standard InChI is InChI=1S/C21H24N3S/c1-13-11-12-14-18(25-20(22-14)21(2,3)4)17(13)19-23(5)15-9-7-8-10-16(15)24(19)6/h7-12H,1-6H3/q+1. The van der Waals surface area contributed by atoms with E-state index in [2.05, 4.69) is 87.3 Å². The maximum Gasteiger partial charge on any atom is 0.291 e.